The Bertz CT molecular complexity index is 893. The van der Waals surface area contributed by atoms with Crippen molar-refractivity contribution < 1.29 is 19.0 Å². The molecule has 1 saturated carbocycles. The van der Waals surface area contributed by atoms with E-state index < -0.39 is 0 Å². The van der Waals surface area contributed by atoms with Crippen LogP contribution in [0.4, 0.5) is 0 Å². The minimum atomic E-state index is 0.158. The molecule has 6 nitrogen and oxygen atoms in total. The van der Waals surface area contributed by atoms with Gasteiger partial charge >= 0.3 is 0 Å². The summed E-state index contributed by atoms with van der Waals surface area (Å²) >= 11 is 0. The largest absolute Gasteiger partial charge is 0.493 e. The molecule has 0 atom stereocenters. The average Bonchev–Trinajstić information content (AvgIpc) is 2.91. The molecule has 2 aliphatic rings. The maximum atomic E-state index is 13.5. The van der Waals surface area contributed by atoms with Crippen molar-refractivity contribution in [3.63, 3.8) is 0 Å². The van der Waals surface area contributed by atoms with E-state index in [9.17, 15) is 4.79 Å². The molecule has 1 aliphatic carbocycles. The predicted molar refractivity (Wildman–Crippen MR) is 133 cm³/mol. The highest BCUT2D eigenvalue weighted by Gasteiger charge is 2.27. The topological polar surface area (TPSA) is 51.2 Å². The molecule has 0 N–H and O–H groups in total. The molecule has 1 heterocycles. The van der Waals surface area contributed by atoms with Crippen LogP contribution in [0.25, 0.3) is 0 Å². The van der Waals surface area contributed by atoms with Gasteiger partial charge in [0.25, 0.3) is 0 Å². The van der Waals surface area contributed by atoms with Gasteiger partial charge in [0.15, 0.2) is 11.5 Å². The quantitative estimate of drug-likeness (QED) is 0.516. The number of benzene rings is 2. The van der Waals surface area contributed by atoms with E-state index >= 15 is 0 Å². The summed E-state index contributed by atoms with van der Waals surface area (Å²) in [6, 6.07) is 16.1. The number of hydrogen-bond donors (Lipinski definition) is 0. The lowest BCUT2D eigenvalue weighted by molar-refractivity contribution is -0.137. The SMILES string of the molecule is COc1ccc(CN(CCN2CCOCC2)C(=O)C2CCCCC2)cc1OCc1ccccc1. The van der Waals surface area contributed by atoms with Crippen molar-refractivity contribution in [2.24, 2.45) is 5.92 Å². The fourth-order valence-corrected chi connectivity index (χ4v) is 4.85. The Labute approximate surface area is 203 Å². The number of rotatable bonds is 10. The van der Waals surface area contributed by atoms with Crippen LogP contribution < -0.4 is 9.47 Å². The van der Waals surface area contributed by atoms with Crippen molar-refractivity contribution in [1.82, 2.24) is 9.80 Å². The van der Waals surface area contributed by atoms with E-state index in [1.807, 2.05) is 48.5 Å². The van der Waals surface area contributed by atoms with Gasteiger partial charge in [-0.05, 0) is 36.1 Å². The third kappa shape index (κ3) is 6.97. The second-order valence-electron chi connectivity index (χ2n) is 9.31. The van der Waals surface area contributed by atoms with E-state index in [4.69, 9.17) is 14.2 Å². The van der Waals surface area contributed by atoms with E-state index in [1.165, 1.54) is 6.42 Å². The molecule has 0 unspecified atom stereocenters. The molecule has 4 rings (SSSR count). The molecular weight excluding hydrogens is 428 g/mol. The Morgan fingerprint density at radius 3 is 2.50 bits per heavy atom. The third-order valence-corrected chi connectivity index (χ3v) is 6.89. The number of carbonyl (C=O) groups excluding carboxylic acids is 1. The van der Waals surface area contributed by atoms with Crippen LogP contribution in [-0.4, -0.2) is 62.2 Å². The number of ether oxygens (including phenoxy) is 3. The van der Waals surface area contributed by atoms with Crippen molar-refractivity contribution in [3.05, 3.63) is 59.7 Å². The minimum Gasteiger partial charge on any atom is -0.493 e. The van der Waals surface area contributed by atoms with Gasteiger partial charge in [0.05, 0.1) is 20.3 Å². The van der Waals surface area contributed by atoms with E-state index in [-0.39, 0.29) is 5.92 Å². The highest BCUT2D eigenvalue weighted by atomic mass is 16.5. The minimum absolute atomic E-state index is 0.158. The van der Waals surface area contributed by atoms with Gasteiger partial charge in [0, 0.05) is 38.6 Å². The number of methoxy groups -OCH3 is 1. The molecule has 2 fully saturated rings. The first-order valence-electron chi connectivity index (χ1n) is 12.7. The van der Waals surface area contributed by atoms with E-state index in [1.54, 1.807) is 7.11 Å². The van der Waals surface area contributed by atoms with Gasteiger partial charge in [-0.25, -0.2) is 0 Å². The molecule has 1 saturated heterocycles. The van der Waals surface area contributed by atoms with Crippen LogP contribution in [0.3, 0.4) is 0 Å². The Balaban J connectivity index is 1.46. The first-order valence-corrected chi connectivity index (χ1v) is 12.7. The number of hydrogen-bond acceptors (Lipinski definition) is 5. The molecule has 0 aromatic heterocycles. The molecule has 1 amide bonds. The van der Waals surface area contributed by atoms with Gasteiger partial charge < -0.3 is 19.1 Å². The third-order valence-electron chi connectivity index (χ3n) is 6.89. The zero-order valence-electron chi connectivity index (χ0n) is 20.4. The fourth-order valence-electron chi connectivity index (χ4n) is 4.85. The Kier molecular flexibility index (Phi) is 9.22. The number of morpholine rings is 1. The van der Waals surface area contributed by atoms with Crippen LogP contribution in [0.2, 0.25) is 0 Å². The molecule has 34 heavy (non-hydrogen) atoms. The van der Waals surface area contributed by atoms with Gasteiger partial charge in [-0.2, -0.15) is 0 Å². The highest BCUT2D eigenvalue weighted by Crippen LogP contribution is 2.30. The van der Waals surface area contributed by atoms with Crippen molar-refractivity contribution in [2.75, 3.05) is 46.5 Å². The summed E-state index contributed by atoms with van der Waals surface area (Å²) in [5.41, 5.74) is 2.17. The van der Waals surface area contributed by atoms with Gasteiger partial charge in [-0.15, -0.1) is 0 Å². The maximum Gasteiger partial charge on any atom is 0.226 e. The smallest absolute Gasteiger partial charge is 0.226 e. The lowest BCUT2D eigenvalue weighted by Crippen LogP contribution is -2.44. The Morgan fingerprint density at radius 1 is 1.00 bits per heavy atom. The second-order valence-corrected chi connectivity index (χ2v) is 9.31. The molecule has 2 aromatic carbocycles. The molecule has 184 valence electrons. The average molecular weight is 467 g/mol. The van der Waals surface area contributed by atoms with Gasteiger partial charge in [-0.1, -0.05) is 55.7 Å². The summed E-state index contributed by atoms with van der Waals surface area (Å²) in [6.45, 7) is 6.11. The Hall–Kier alpha value is -2.57. The molecule has 0 bridgehead atoms. The normalized spacial score (nSPS) is 17.3. The van der Waals surface area contributed by atoms with Crippen LogP contribution in [0, 0.1) is 5.92 Å². The van der Waals surface area contributed by atoms with Crippen LogP contribution in [0.15, 0.2) is 48.5 Å². The standard InChI is InChI=1S/C28H38N2O4/c1-32-26-13-12-24(20-27(26)34-22-23-8-4-2-5-9-23)21-30(15-14-29-16-18-33-19-17-29)28(31)25-10-6-3-7-11-25/h2,4-5,8-9,12-13,20,25H,3,6-7,10-11,14-19,21-22H2,1H3. The predicted octanol–water partition coefficient (Wildman–Crippen LogP) is 4.52. The molecular formula is C28H38N2O4. The fraction of sp³-hybridized carbons (Fsp3) is 0.536. The van der Waals surface area contributed by atoms with Crippen molar-refractivity contribution in [1.29, 1.82) is 0 Å². The second kappa shape index (κ2) is 12.8. The first-order chi connectivity index (χ1) is 16.7. The Morgan fingerprint density at radius 2 is 1.76 bits per heavy atom. The van der Waals surface area contributed by atoms with Gasteiger partial charge in [0.1, 0.15) is 6.61 Å². The van der Waals surface area contributed by atoms with E-state index in [2.05, 4.69) is 9.80 Å². The zero-order chi connectivity index (χ0) is 23.6. The monoisotopic (exact) mass is 466 g/mol. The zero-order valence-corrected chi connectivity index (χ0v) is 20.4. The first kappa shape index (κ1) is 24.6. The van der Waals surface area contributed by atoms with Crippen molar-refractivity contribution >= 4 is 5.91 Å². The summed E-state index contributed by atoms with van der Waals surface area (Å²) in [7, 11) is 1.66. The summed E-state index contributed by atoms with van der Waals surface area (Å²) < 4.78 is 17.1. The van der Waals surface area contributed by atoms with Crippen LogP contribution in [-0.2, 0) is 22.7 Å². The summed E-state index contributed by atoms with van der Waals surface area (Å²) in [5.74, 6) is 1.88. The highest BCUT2D eigenvalue weighted by molar-refractivity contribution is 5.79. The number of nitrogens with zero attached hydrogens (tertiary/aromatic N) is 2. The number of carbonyl (C=O) groups is 1. The van der Waals surface area contributed by atoms with Gasteiger partial charge in [-0.3, -0.25) is 9.69 Å². The van der Waals surface area contributed by atoms with E-state index in [0.717, 1.165) is 76.2 Å². The summed E-state index contributed by atoms with van der Waals surface area (Å²) in [4.78, 5) is 18.0. The molecule has 2 aromatic rings. The maximum absolute atomic E-state index is 13.5. The van der Waals surface area contributed by atoms with Gasteiger partial charge in [0.2, 0.25) is 5.91 Å². The van der Waals surface area contributed by atoms with Crippen LogP contribution in [0.5, 0.6) is 11.5 Å². The lowest BCUT2D eigenvalue weighted by atomic mass is 9.88. The summed E-state index contributed by atoms with van der Waals surface area (Å²) in [5, 5.41) is 0. The van der Waals surface area contributed by atoms with E-state index in [0.29, 0.717) is 30.6 Å². The lowest BCUT2D eigenvalue weighted by Gasteiger charge is -2.33. The van der Waals surface area contributed by atoms with Crippen molar-refractivity contribution in [3.8, 4) is 11.5 Å². The van der Waals surface area contributed by atoms with Crippen molar-refractivity contribution in [2.45, 2.75) is 45.3 Å². The molecule has 0 radical (unpaired) electrons. The molecule has 6 heteroatoms. The number of amides is 1. The van der Waals surface area contributed by atoms with Crippen LogP contribution in [0.1, 0.15) is 43.2 Å². The van der Waals surface area contributed by atoms with Crippen LogP contribution >= 0.6 is 0 Å². The molecule has 0 spiro atoms. The molecule has 1 aliphatic heterocycles. The summed E-state index contributed by atoms with van der Waals surface area (Å²) in [6.07, 6.45) is 5.60.